The fourth-order valence-electron chi connectivity index (χ4n) is 4.67. The summed E-state index contributed by atoms with van der Waals surface area (Å²) in [5.41, 5.74) is 5.68. The third-order valence-electron chi connectivity index (χ3n) is 5.90. The monoisotopic (exact) mass is 426 g/mol. The summed E-state index contributed by atoms with van der Waals surface area (Å²) in [5, 5.41) is 16.2. The summed E-state index contributed by atoms with van der Waals surface area (Å²) >= 11 is 0. The van der Waals surface area contributed by atoms with Gasteiger partial charge < -0.3 is 10.1 Å². The zero-order chi connectivity index (χ0) is 20.9. The van der Waals surface area contributed by atoms with Crippen LogP contribution in [0.4, 0.5) is 10.5 Å². The van der Waals surface area contributed by atoms with Crippen molar-refractivity contribution < 1.29 is 13.7 Å². The molecule has 2 heterocycles. The van der Waals surface area contributed by atoms with Crippen molar-refractivity contribution in [2.75, 3.05) is 5.32 Å². The van der Waals surface area contributed by atoms with Gasteiger partial charge in [0.25, 0.3) is 0 Å². The van der Waals surface area contributed by atoms with Crippen molar-refractivity contribution in [3.05, 3.63) is 34.5 Å². The molecule has 0 spiro atoms. The molecular weight excluding hydrogens is 404 g/mol. The number of nitrogens with zero attached hydrogens (tertiary/aromatic N) is 4. The summed E-state index contributed by atoms with van der Waals surface area (Å²) in [7, 11) is -3.58. The van der Waals surface area contributed by atoms with Crippen molar-refractivity contribution in [2.45, 2.75) is 63.0 Å². The lowest BCUT2D eigenvalue weighted by atomic mass is 9.99. The number of urea groups is 1. The predicted molar refractivity (Wildman–Crippen MR) is 109 cm³/mol. The largest absolute Gasteiger partial charge is 0.472 e. The van der Waals surface area contributed by atoms with Crippen LogP contribution >= 0.6 is 0 Å². The van der Waals surface area contributed by atoms with Gasteiger partial charge in [-0.2, -0.15) is 10.4 Å². The minimum absolute atomic E-state index is 0.104. The number of carbonyl (C=O) groups is 1. The number of aromatic nitrogens is 2. The molecule has 1 aliphatic heterocycles. The highest BCUT2D eigenvalue weighted by Gasteiger charge is 2.31. The molecule has 0 radical (unpaired) electrons. The van der Waals surface area contributed by atoms with Crippen molar-refractivity contribution in [3.63, 3.8) is 0 Å². The molecule has 2 aromatic rings. The van der Waals surface area contributed by atoms with Gasteiger partial charge in [-0.25, -0.2) is 18.4 Å². The Hall–Kier alpha value is -3.06. The van der Waals surface area contributed by atoms with Crippen LogP contribution in [0, 0.1) is 11.5 Å². The first-order valence-electron chi connectivity index (χ1n) is 10.1. The fraction of sp³-hybridized carbons (Fsp3) is 0.450. The molecule has 30 heavy (non-hydrogen) atoms. The summed E-state index contributed by atoms with van der Waals surface area (Å²) in [6, 6.07) is 1.52. The molecule has 3 aliphatic rings. The van der Waals surface area contributed by atoms with E-state index in [9.17, 15) is 9.00 Å². The minimum atomic E-state index is -3.58. The second kappa shape index (κ2) is 7.02. The molecule has 0 bridgehead atoms. The van der Waals surface area contributed by atoms with Crippen molar-refractivity contribution in [2.24, 2.45) is 4.36 Å². The van der Waals surface area contributed by atoms with E-state index in [1.54, 1.807) is 10.9 Å². The van der Waals surface area contributed by atoms with Crippen LogP contribution in [0.15, 0.2) is 21.5 Å². The van der Waals surface area contributed by atoms with Gasteiger partial charge in [0.1, 0.15) is 6.10 Å². The Labute approximate surface area is 174 Å². The second-order valence-corrected chi connectivity index (χ2v) is 9.80. The van der Waals surface area contributed by atoms with Gasteiger partial charge in [-0.3, -0.25) is 0 Å². The van der Waals surface area contributed by atoms with Crippen LogP contribution in [-0.2, 0) is 42.1 Å². The first-order valence-corrected chi connectivity index (χ1v) is 11.6. The van der Waals surface area contributed by atoms with Gasteiger partial charge in [0, 0.05) is 5.69 Å². The topological polar surface area (TPSA) is 121 Å². The van der Waals surface area contributed by atoms with Crippen molar-refractivity contribution in [1.29, 1.82) is 5.26 Å². The van der Waals surface area contributed by atoms with E-state index in [1.807, 2.05) is 6.92 Å². The standard InChI is InChI=1S/C20H22N6O3S/c1-12-10-26-19(29-12)17(9-22-26)30(28,23-11-21)25-20(27)24-18-15-6-2-4-13(15)8-14-5-3-7-16(14)18/h8-9,12H,2-7,10H2,1H3,(H2,23,24,25,27,28)/t12-,30?/m0/s1. The molecule has 2 N–H and O–H groups in total. The summed E-state index contributed by atoms with van der Waals surface area (Å²) in [6.07, 6.45) is 8.81. The maximum atomic E-state index is 13.5. The Morgan fingerprint density at radius 3 is 2.67 bits per heavy atom. The number of nitrogens with one attached hydrogen (secondary N) is 2. The van der Waals surface area contributed by atoms with E-state index in [4.69, 9.17) is 10.00 Å². The van der Waals surface area contributed by atoms with E-state index in [1.165, 1.54) is 17.3 Å². The summed E-state index contributed by atoms with van der Waals surface area (Å²) in [6.45, 7) is 2.37. The third-order valence-corrected chi connectivity index (χ3v) is 7.57. The Morgan fingerprint density at radius 1 is 1.30 bits per heavy atom. The lowest BCUT2D eigenvalue weighted by molar-refractivity contribution is 0.248. The van der Waals surface area contributed by atoms with E-state index in [-0.39, 0.29) is 16.9 Å². The van der Waals surface area contributed by atoms with E-state index in [0.29, 0.717) is 6.54 Å². The van der Waals surface area contributed by atoms with Gasteiger partial charge in [0.2, 0.25) is 5.88 Å². The van der Waals surface area contributed by atoms with Crippen LogP contribution in [-0.4, -0.2) is 26.1 Å². The normalized spacial score (nSPS) is 20.3. The highest BCUT2D eigenvalue weighted by molar-refractivity contribution is 7.92. The van der Waals surface area contributed by atoms with Gasteiger partial charge >= 0.3 is 6.03 Å². The van der Waals surface area contributed by atoms with Crippen LogP contribution in [0.25, 0.3) is 0 Å². The van der Waals surface area contributed by atoms with Gasteiger partial charge in [-0.05, 0) is 67.7 Å². The predicted octanol–water partition coefficient (Wildman–Crippen LogP) is 2.69. The Morgan fingerprint density at radius 2 is 2.00 bits per heavy atom. The maximum absolute atomic E-state index is 13.5. The molecule has 9 nitrogen and oxygen atoms in total. The van der Waals surface area contributed by atoms with Gasteiger partial charge in [-0.1, -0.05) is 6.07 Å². The van der Waals surface area contributed by atoms with Gasteiger partial charge in [0.15, 0.2) is 21.0 Å². The smallest absolute Gasteiger partial charge is 0.355 e. The fourth-order valence-corrected chi connectivity index (χ4v) is 5.91. The first kappa shape index (κ1) is 18.9. The van der Waals surface area contributed by atoms with Crippen LogP contribution < -0.4 is 14.8 Å². The molecule has 10 heteroatoms. The van der Waals surface area contributed by atoms with Gasteiger partial charge in [-0.15, -0.1) is 4.36 Å². The maximum Gasteiger partial charge on any atom is 0.355 e. The number of nitriles is 1. The summed E-state index contributed by atoms with van der Waals surface area (Å²) in [5.74, 6) is 0.272. The minimum Gasteiger partial charge on any atom is -0.472 e. The van der Waals surface area contributed by atoms with E-state index < -0.39 is 15.9 Å². The molecule has 2 amide bonds. The number of ether oxygens (including phenoxy) is 1. The molecule has 156 valence electrons. The Bertz CT molecular complexity index is 1190. The van der Waals surface area contributed by atoms with Gasteiger partial charge in [0.05, 0.1) is 12.7 Å². The molecule has 0 saturated carbocycles. The number of benzene rings is 1. The number of fused-ring (bicyclic) bond motifs is 3. The average molecular weight is 427 g/mol. The quantitative estimate of drug-likeness (QED) is 0.577. The van der Waals surface area contributed by atoms with Crippen molar-refractivity contribution in [3.8, 4) is 12.1 Å². The third kappa shape index (κ3) is 3.01. The molecule has 1 aromatic heterocycles. The van der Waals surface area contributed by atoms with E-state index in [0.717, 1.165) is 55.3 Å². The second-order valence-electron chi connectivity index (χ2n) is 7.92. The lowest BCUT2D eigenvalue weighted by Crippen LogP contribution is -2.22. The number of rotatable bonds is 3. The molecule has 0 fully saturated rings. The molecule has 2 atom stereocenters. The average Bonchev–Trinajstić information content (AvgIpc) is 3.44. The molecule has 0 saturated heterocycles. The highest BCUT2D eigenvalue weighted by atomic mass is 32.2. The number of hydrogen-bond acceptors (Lipinski definition) is 5. The SMILES string of the molecule is C[C@H]1Cn2ncc(S(=O)(=NC(=O)Nc3c4c(cc5c3CCC5)CCC4)NC#N)c2O1. The van der Waals surface area contributed by atoms with Crippen LogP contribution in [0.1, 0.15) is 42.0 Å². The van der Waals surface area contributed by atoms with Crippen molar-refractivity contribution >= 4 is 21.6 Å². The zero-order valence-electron chi connectivity index (χ0n) is 16.6. The lowest BCUT2D eigenvalue weighted by Gasteiger charge is -2.15. The first-order chi connectivity index (χ1) is 14.5. The number of aryl methyl sites for hydroxylation is 2. The number of anilines is 1. The highest BCUT2D eigenvalue weighted by Crippen LogP contribution is 2.39. The number of hydrogen-bond donors (Lipinski definition) is 2. The van der Waals surface area contributed by atoms with E-state index >= 15 is 0 Å². The molecule has 1 aromatic carbocycles. The molecule has 2 aliphatic carbocycles. The zero-order valence-corrected chi connectivity index (χ0v) is 17.4. The van der Waals surface area contributed by atoms with Crippen LogP contribution in [0.3, 0.4) is 0 Å². The van der Waals surface area contributed by atoms with E-state index in [2.05, 4.69) is 25.6 Å². The number of amides is 2. The molecule has 1 unspecified atom stereocenters. The number of carbonyl (C=O) groups excluding carboxylic acids is 1. The Balaban J connectivity index is 1.53. The van der Waals surface area contributed by atoms with Crippen LogP contribution in [0.5, 0.6) is 5.88 Å². The summed E-state index contributed by atoms with van der Waals surface area (Å²) in [4.78, 5) is 13.0. The molecular formula is C20H22N6O3S. The molecule has 5 rings (SSSR count). The summed E-state index contributed by atoms with van der Waals surface area (Å²) < 4.78 is 26.8. The van der Waals surface area contributed by atoms with Crippen molar-refractivity contribution in [1.82, 2.24) is 14.5 Å². The van der Waals surface area contributed by atoms with Crippen LogP contribution in [0.2, 0.25) is 0 Å². The Kier molecular flexibility index (Phi) is 4.43.